The summed E-state index contributed by atoms with van der Waals surface area (Å²) >= 11 is 3.08. The van der Waals surface area contributed by atoms with Crippen LogP contribution in [0, 0.1) is 11.6 Å². The van der Waals surface area contributed by atoms with E-state index in [1.54, 1.807) is 0 Å². The summed E-state index contributed by atoms with van der Waals surface area (Å²) < 4.78 is 27.6. The Morgan fingerprint density at radius 2 is 2.00 bits per heavy atom. The Morgan fingerprint density at radius 3 is 2.68 bits per heavy atom. The summed E-state index contributed by atoms with van der Waals surface area (Å²) in [6.07, 6.45) is 2.50. The average Bonchev–Trinajstić information content (AvgIpc) is 2.92. The largest absolute Gasteiger partial charge is 0.311 e. The third-order valence-corrected chi connectivity index (χ3v) is 4.26. The molecule has 19 heavy (non-hydrogen) atoms. The number of halogens is 3. The van der Waals surface area contributed by atoms with Crippen LogP contribution in [-0.4, -0.2) is 30.6 Å². The zero-order chi connectivity index (χ0) is 13.8. The Morgan fingerprint density at radius 1 is 1.32 bits per heavy atom. The predicted octanol–water partition coefficient (Wildman–Crippen LogP) is 3.30. The van der Waals surface area contributed by atoms with E-state index in [1.807, 2.05) is 0 Å². The van der Waals surface area contributed by atoms with Crippen molar-refractivity contribution < 1.29 is 8.78 Å². The van der Waals surface area contributed by atoms with Crippen LogP contribution in [0.3, 0.4) is 0 Å². The lowest BCUT2D eigenvalue weighted by atomic mass is 10.2. The first-order valence-corrected chi connectivity index (χ1v) is 7.46. The van der Waals surface area contributed by atoms with Crippen molar-refractivity contribution in [2.45, 2.75) is 32.4 Å². The van der Waals surface area contributed by atoms with Crippen LogP contribution in [0.5, 0.6) is 0 Å². The number of hydrogen-bond acceptors (Lipinski definition) is 2. The Balaban J connectivity index is 1.87. The molecule has 0 spiro atoms. The van der Waals surface area contributed by atoms with E-state index in [-0.39, 0.29) is 12.1 Å². The molecule has 1 aliphatic rings. The van der Waals surface area contributed by atoms with Crippen molar-refractivity contribution in [2.75, 3.05) is 19.6 Å². The molecule has 0 bridgehead atoms. The summed E-state index contributed by atoms with van der Waals surface area (Å²) in [5.41, 5.74) is 0.1000. The molecule has 1 unspecified atom stereocenters. The molecule has 5 heteroatoms. The molecule has 1 fully saturated rings. The molecule has 0 saturated carbocycles. The lowest BCUT2D eigenvalue weighted by Gasteiger charge is -2.24. The molecule has 1 aromatic rings. The van der Waals surface area contributed by atoms with Gasteiger partial charge in [-0.1, -0.05) is 0 Å². The Bertz CT molecular complexity index is 434. The fourth-order valence-electron chi connectivity index (χ4n) is 2.45. The number of benzene rings is 1. The van der Waals surface area contributed by atoms with Gasteiger partial charge in [0.2, 0.25) is 0 Å². The Labute approximate surface area is 121 Å². The highest BCUT2D eigenvalue weighted by molar-refractivity contribution is 9.10. The lowest BCUT2D eigenvalue weighted by molar-refractivity contribution is 0.251. The highest BCUT2D eigenvalue weighted by Gasteiger charge is 2.18. The monoisotopic (exact) mass is 332 g/mol. The molecule has 1 aromatic carbocycles. The molecule has 0 amide bonds. The third kappa shape index (κ3) is 3.74. The van der Waals surface area contributed by atoms with Crippen LogP contribution >= 0.6 is 15.9 Å². The zero-order valence-electron chi connectivity index (χ0n) is 11.1. The van der Waals surface area contributed by atoms with Crippen LogP contribution in [0.1, 0.15) is 25.3 Å². The van der Waals surface area contributed by atoms with Crippen molar-refractivity contribution >= 4 is 15.9 Å². The first-order valence-electron chi connectivity index (χ1n) is 6.66. The van der Waals surface area contributed by atoms with Crippen molar-refractivity contribution in [3.63, 3.8) is 0 Å². The molecule has 0 aliphatic carbocycles. The van der Waals surface area contributed by atoms with E-state index in [1.165, 1.54) is 25.0 Å². The summed E-state index contributed by atoms with van der Waals surface area (Å²) in [6.45, 7) is 5.36. The van der Waals surface area contributed by atoms with Gasteiger partial charge in [0.15, 0.2) is 0 Å². The number of nitrogens with one attached hydrogen (secondary N) is 1. The molecule has 1 N–H and O–H groups in total. The summed E-state index contributed by atoms with van der Waals surface area (Å²) in [4.78, 5) is 2.40. The number of rotatable bonds is 5. The van der Waals surface area contributed by atoms with Gasteiger partial charge in [-0.2, -0.15) is 0 Å². The Kier molecular flexibility index (Phi) is 5.30. The average molecular weight is 333 g/mol. The second kappa shape index (κ2) is 6.77. The molecule has 1 saturated heterocycles. The molecule has 106 valence electrons. The van der Waals surface area contributed by atoms with E-state index in [4.69, 9.17) is 0 Å². The molecule has 2 nitrogen and oxygen atoms in total. The number of hydrogen-bond donors (Lipinski definition) is 1. The normalized spacial score (nSPS) is 17.9. The minimum atomic E-state index is -0.513. The predicted molar refractivity (Wildman–Crippen MR) is 76.0 cm³/mol. The van der Waals surface area contributed by atoms with Gasteiger partial charge in [0.25, 0.3) is 0 Å². The van der Waals surface area contributed by atoms with Crippen LogP contribution < -0.4 is 5.32 Å². The highest BCUT2D eigenvalue weighted by Crippen LogP contribution is 2.21. The second-order valence-electron chi connectivity index (χ2n) is 5.04. The van der Waals surface area contributed by atoms with Crippen LogP contribution in [-0.2, 0) is 6.54 Å². The van der Waals surface area contributed by atoms with Gasteiger partial charge in [-0.25, -0.2) is 8.78 Å². The lowest BCUT2D eigenvalue weighted by Crippen LogP contribution is -2.38. The van der Waals surface area contributed by atoms with Crippen LogP contribution in [0.25, 0.3) is 0 Å². The van der Waals surface area contributed by atoms with Crippen LogP contribution in [0.2, 0.25) is 0 Å². The molecule has 1 heterocycles. The quantitative estimate of drug-likeness (QED) is 0.832. The summed E-state index contributed by atoms with van der Waals surface area (Å²) in [5.74, 6) is -1.01. The van der Waals surface area contributed by atoms with Crippen molar-refractivity contribution in [1.82, 2.24) is 10.2 Å². The molecule has 0 aromatic heterocycles. The SMILES string of the molecule is CC(CNCc1c(F)ccc(Br)c1F)N1CCCC1. The topological polar surface area (TPSA) is 15.3 Å². The van der Waals surface area contributed by atoms with E-state index in [0.717, 1.165) is 19.6 Å². The van der Waals surface area contributed by atoms with Gasteiger partial charge >= 0.3 is 0 Å². The van der Waals surface area contributed by atoms with Gasteiger partial charge in [0, 0.05) is 24.7 Å². The maximum atomic E-state index is 13.8. The summed E-state index contributed by atoms with van der Waals surface area (Å²) in [6, 6.07) is 3.08. The first-order chi connectivity index (χ1) is 9.09. The number of nitrogens with zero attached hydrogens (tertiary/aromatic N) is 1. The van der Waals surface area contributed by atoms with Crippen molar-refractivity contribution in [3.8, 4) is 0 Å². The van der Waals surface area contributed by atoms with Gasteiger partial charge in [0.1, 0.15) is 11.6 Å². The molecule has 1 atom stereocenters. The molecule has 0 radical (unpaired) electrons. The molecule has 2 rings (SSSR count). The van der Waals surface area contributed by atoms with Gasteiger partial charge in [0.05, 0.1) is 4.47 Å². The number of likely N-dealkylation sites (tertiary alicyclic amines) is 1. The van der Waals surface area contributed by atoms with E-state index >= 15 is 0 Å². The van der Waals surface area contributed by atoms with Crippen molar-refractivity contribution in [2.24, 2.45) is 0 Å². The minimum absolute atomic E-state index is 0.1000. The van der Waals surface area contributed by atoms with Gasteiger partial charge < -0.3 is 5.32 Å². The van der Waals surface area contributed by atoms with E-state index in [0.29, 0.717) is 10.5 Å². The first kappa shape index (κ1) is 14.9. The molecular weight excluding hydrogens is 314 g/mol. The standard InChI is InChI=1S/C14H19BrF2N2/c1-10(19-6-2-3-7-19)8-18-9-11-13(16)5-4-12(15)14(11)17/h4-5,10,18H,2-3,6-9H2,1H3. The van der Waals surface area contributed by atoms with E-state index < -0.39 is 11.6 Å². The van der Waals surface area contributed by atoms with Crippen molar-refractivity contribution in [3.05, 3.63) is 33.8 Å². The fraction of sp³-hybridized carbons (Fsp3) is 0.571. The second-order valence-corrected chi connectivity index (χ2v) is 5.90. The van der Waals surface area contributed by atoms with Crippen molar-refractivity contribution in [1.29, 1.82) is 0 Å². The van der Waals surface area contributed by atoms with E-state index in [2.05, 4.69) is 33.1 Å². The smallest absolute Gasteiger partial charge is 0.144 e. The maximum absolute atomic E-state index is 13.8. The molecular formula is C14H19BrF2N2. The summed E-state index contributed by atoms with van der Waals surface area (Å²) in [7, 11) is 0. The zero-order valence-corrected chi connectivity index (χ0v) is 12.6. The van der Waals surface area contributed by atoms with E-state index in [9.17, 15) is 8.78 Å². The molecule has 1 aliphatic heterocycles. The fourth-order valence-corrected chi connectivity index (χ4v) is 2.82. The highest BCUT2D eigenvalue weighted by atomic mass is 79.9. The third-order valence-electron chi connectivity index (χ3n) is 3.64. The maximum Gasteiger partial charge on any atom is 0.144 e. The summed E-state index contributed by atoms with van der Waals surface area (Å²) in [5, 5.41) is 3.14. The van der Waals surface area contributed by atoms with Gasteiger partial charge in [-0.3, -0.25) is 4.90 Å². The van der Waals surface area contributed by atoms with Crippen LogP contribution in [0.15, 0.2) is 16.6 Å². The van der Waals surface area contributed by atoms with Crippen LogP contribution in [0.4, 0.5) is 8.78 Å². The Hall–Kier alpha value is -0.520. The van der Waals surface area contributed by atoms with Gasteiger partial charge in [-0.15, -0.1) is 0 Å². The minimum Gasteiger partial charge on any atom is -0.311 e. The van der Waals surface area contributed by atoms with Gasteiger partial charge in [-0.05, 0) is 60.9 Å².